The molecule has 3 aromatic rings. The van der Waals surface area contributed by atoms with Gasteiger partial charge in [-0.05, 0) is 53.5 Å². The van der Waals surface area contributed by atoms with Crippen molar-refractivity contribution in [3.05, 3.63) is 101 Å². The van der Waals surface area contributed by atoms with Gasteiger partial charge < -0.3 is 18.9 Å². The van der Waals surface area contributed by atoms with E-state index in [0.29, 0.717) is 52.0 Å². The molecule has 196 valence electrons. The predicted octanol–water partition coefficient (Wildman–Crippen LogP) is 6.29. The highest BCUT2D eigenvalue weighted by atomic mass is 32.2. The molecule has 38 heavy (non-hydrogen) atoms. The normalized spacial score (nSPS) is 14.1. The average Bonchev–Trinajstić information content (AvgIpc) is 3.20. The molecule has 0 spiro atoms. The zero-order chi connectivity index (χ0) is 26.9. The van der Waals surface area contributed by atoms with E-state index in [2.05, 4.69) is 6.58 Å². The average molecular weight is 548 g/mol. The number of carbonyl (C=O) groups is 1. The molecule has 0 aliphatic carbocycles. The Hall–Kier alpha value is -3.75. The van der Waals surface area contributed by atoms with Crippen molar-refractivity contribution in [1.29, 1.82) is 0 Å². The fraction of sp³-hybridized carbons (Fsp3) is 0.200. The molecule has 3 aromatic carbocycles. The van der Waals surface area contributed by atoms with Crippen molar-refractivity contribution in [1.82, 2.24) is 4.90 Å². The molecule has 1 amide bonds. The minimum atomic E-state index is -0.103. The highest BCUT2D eigenvalue weighted by Crippen LogP contribution is 2.35. The molecule has 6 nitrogen and oxygen atoms in total. The molecule has 0 aromatic heterocycles. The number of thioether (sulfide) groups is 1. The lowest BCUT2D eigenvalue weighted by Crippen LogP contribution is -2.27. The van der Waals surface area contributed by atoms with Crippen molar-refractivity contribution >= 4 is 40.3 Å². The third-order valence-corrected chi connectivity index (χ3v) is 7.13. The van der Waals surface area contributed by atoms with Crippen LogP contribution >= 0.6 is 24.0 Å². The largest absolute Gasteiger partial charge is 0.493 e. The van der Waals surface area contributed by atoms with Gasteiger partial charge >= 0.3 is 0 Å². The number of nitrogens with zero attached hydrogens (tertiary/aromatic N) is 1. The van der Waals surface area contributed by atoms with E-state index in [1.807, 2.05) is 78.9 Å². The fourth-order valence-electron chi connectivity index (χ4n) is 3.87. The second-order valence-corrected chi connectivity index (χ2v) is 10.0. The summed E-state index contributed by atoms with van der Waals surface area (Å²) in [6, 6.07) is 21.1. The summed E-state index contributed by atoms with van der Waals surface area (Å²) in [5, 5.41) is 0. The molecular weight excluding hydrogens is 518 g/mol. The first-order valence-electron chi connectivity index (χ1n) is 12.0. The molecule has 1 aliphatic heterocycles. The number of allylic oxidation sites excluding steroid dienone is 1. The molecule has 0 N–H and O–H groups in total. The molecule has 8 heteroatoms. The lowest BCUT2D eigenvalue weighted by Gasteiger charge is -2.14. The summed E-state index contributed by atoms with van der Waals surface area (Å²) in [5.41, 5.74) is 2.94. The smallest absolute Gasteiger partial charge is 0.266 e. The van der Waals surface area contributed by atoms with Gasteiger partial charge in [-0.2, -0.15) is 0 Å². The number of hydrogen-bond acceptors (Lipinski definition) is 7. The number of methoxy groups -OCH3 is 2. The first-order chi connectivity index (χ1) is 18.5. The summed E-state index contributed by atoms with van der Waals surface area (Å²) < 4.78 is 23.3. The highest BCUT2D eigenvalue weighted by molar-refractivity contribution is 8.26. The topological polar surface area (TPSA) is 57.2 Å². The first kappa shape index (κ1) is 27.3. The molecule has 4 rings (SSSR count). The zero-order valence-electron chi connectivity index (χ0n) is 21.3. The molecule has 1 heterocycles. The Morgan fingerprint density at radius 1 is 0.868 bits per heavy atom. The summed E-state index contributed by atoms with van der Waals surface area (Å²) in [7, 11) is 3.20. The Balaban J connectivity index is 1.37. The molecule has 1 fully saturated rings. The Morgan fingerprint density at radius 3 is 2.18 bits per heavy atom. The van der Waals surface area contributed by atoms with Crippen LogP contribution in [0.5, 0.6) is 23.0 Å². The van der Waals surface area contributed by atoms with Crippen LogP contribution in [-0.2, 0) is 17.8 Å². The standard InChI is InChI=1S/C30H29NO5S2/c1-4-8-21-11-13-24(26(17-21)33-2)35-15-16-36-25-14-12-23(18-27(25)34-3)19-28-29(32)31(30(37)38-28)20-22-9-6-5-7-10-22/h4-7,9-14,17-19H,1,8,15-16,20H2,2-3H3/b28-19-. The van der Waals surface area contributed by atoms with Crippen molar-refractivity contribution in [3.63, 3.8) is 0 Å². The lowest BCUT2D eigenvalue weighted by molar-refractivity contribution is -0.122. The SMILES string of the molecule is C=CCc1ccc(OCCOc2ccc(/C=C3\SC(=S)N(Cc4ccccc4)C3=O)cc2OC)c(OC)c1. The number of carbonyl (C=O) groups excluding carboxylic acids is 1. The summed E-state index contributed by atoms with van der Waals surface area (Å²) in [6.45, 7) is 4.85. The second kappa shape index (κ2) is 13.2. The van der Waals surface area contributed by atoms with Crippen molar-refractivity contribution in [3.8, 4) is 23.0 Å². The number of amides is 1. The van der Waals surface area contributed by atoms with E-state index >= 15 is 0 Å². The predicted molar refractivity (Wildman–Crippen MR) is 156 cm³/mol. The van der Waals surface area contributed by atoms with Crippen LogP contribution in [0.15, 0.2) is 84.3 Å². The van der Waals surface area contributed by atoms with Crippen LogP contribution in [0.25, 0.3) is 6.08 Å². The number of ether oxygens (including phenoxy) is 4. The minimum absolute atomic E-state index is 0.103. The molecule has 1 saturated heterocycles. The number of thiocarbonyl (C=S) groups is 1. The minimum Gasteiger partial charge on any atom is -0.493 e. The van der Waals surface area contributed by atoms with Crippen LogP contribution in [0.1, 0.15) is 16.7 Å². The van der Waals surface area contributed by atoms with E-state index in [1.54, 1.807) is 19.1 Å². The summed E-state index contributed by atoms with van der Waals surface area (Å²) in [5.74, 6) is 2.35. The van der Waals surface area contributed by atoms with Gasteiger partial charge in [0.15, 0.2) is 23.0 Å². The van der Waals surface area contributed by atoms with Crippen LogP contribution in [-0.4, -0.2) is 42.6 Å². The van der Waals surface area contributed by atoms with Crippen molar-refractivity contribution < 1.29 is 23.7 Å². The Kier molecular flexibility index (Phi) is 9.46. The van der Waals surface area contributed by atoms with E-state index in [1.165, 1.54) is 11.8 Å². The highest BCUT2D eigenvalue weighted by Gasteiger charge is 2.32. The van der Waals surface area contributed by atoms with Crippen molar-refractivity contribution in [2.75, 3.05) is 27.4 Å². The quantitative estimate of drug-likeness (QED) is 0.114. The van der Waals surface area contributed by atoms with Crippen molar-refractivity contribution in [2.45, 2.75) is 13.0 Å². The van der Waals surface area contributed by atoms with Crippen LogP contribution < -0.4 is 18.9 Å². The van der Waals surface area contributed by atoms with Crippen LogP contribution in [0.2, 0.25) is 0 Å². The van der Waals surface area contributed by atoms with Crippen LogP contribution in [0.4, 0.5) is 0 Å². The lowest BCUT2D eigenvalue weighted by atomic mass is 10.1. The molecule has 0 radical (unpaired) electrons. The zero-order valence-corrected chi connectivity index (χ0v) is 23.0. The maximum absolute atomic E-state index is 13.0. The van der Waals surface area contributed by atoms with E-state index in [-0.39, 0.29) is 5.91 Å². The van der Waals surface area contributed by atoms with Gasteiger partial charge in [0, 0.05) is 0 Å². The van der Waals surface area contributed by atoms with Gasteiger partial charge in [0.05, 0.1) is 25.7 Å². The van der Waals surface area contributed by atoms with Crippen molar-refractivity contribution in [2.24, 2.45) is 0 Å². The first-order valence-corrected chi connectivity index (χ1v) is 13.3. The maximum atomic E-state index is 13.0. The summed E-state index contributed by atoms with van der Waals surface area (Å²) in [4.78, 5) is 15.2. The Labute approximate surface area is 232 Å². The molecule has 1 aliphatic rings. The summed E-state index contributed by atoms with van der Waals surface area (Å²) in [6.07, 6.45) is 4.43. The van der Waals surface area contributed by atoms with Gasteiger partial charge in [-0.15, -0.1) is 6.58 Å². The summed E-state index contributed by atoms with van der Waals surface area (Å²) >= 11 is 6.77. The van der Waals surface area contributed by atoms with Gasteiger partial charge in [0.25, 0.3) is 5.91 Å². The van der Waals surface area contributed by atoms with E-state index in [0.717, 1.165) is 23.1 Å². The van der Waals surface area contributed by atoms with Gasteiger partial charge in [0.2, 0.25) is 0 Å². The van der Waals surface area contributed by atoms with Crippen LogP contribution in [0.3, 0.4) is 0 Å². The molecule has 0 atom stereocenters. The Bertz CT molecular complexity index is 1340. The Morgan fingerprint density at radius 2 is 1.53 bits per heavy atom. The van der Waals surface area contributed by atoms with Gasteiger partial charge in [0.1, 0.15) is 17.5 Å². The molecular formula is C30H29NO5S2. The monoisotopic (exact) mass is 547 g/mol. The van der Waals surface area contributed by atoms with Crippen LogP contribution in [0, 0.1) is 0 Å². The molecule has 0 unspecified atom stereocenters. The van der Waals surface area contributed by atoms with E-state index in [9.17, 15) is 4.79 Å². The third kappa shape index (κ3) is 6.76. The third-order valence-electron chi connectivity index (χ3n) is 5.75. The second-order valence-electron chi connectivity index (χ2n) is 8.34. The fourth-order valence-corrected chi connectivity index (χ4v) is 5.13. The molecule has 0 saturated carbocycles. The molecule has 0 bridgehead atoms. The van der Waals surface area contributed by atoms with Gasteiger partial charge in [-0.25, -0.2) is 0 Å². The van der Waals surface area contributed by atoms with E-state index < -0.39 is 0 Å². The van der Waals surface area contributed by atoms with E-state index in [4.69, 9.17) is 31.2 Å². The number of benzene rings is 3. The van der Waals surface area contributed by atoms with Gasteiger partial charge in [-0.1, -0.05) is 72.5 Å². The number of hydrogen-bond donors (Lipinski definition) is 0. The van der Waals surface area contributed by atoms with Gasteiger partial charge in [-0.3, -0.25) is 9.69 Å². The number of rotatable bonds is 12. The maximum Gasteiger partial charge on any atom is 0.266 e.